The number of hydrogen-bond acceptors (Lipinski definition) is 4. The van der Waals surface area contributed by atoms with Crippen LogP contribution in [0.1, 0.15) is 63.6 Å². The molecule has 130 valence electrons. The highest BCUT2D eigenvalue weighted by atomic mass is 16.1. The summed E-state index contributed by atoms with van der Waals surface area (Å²) in [5.41, 5.74) is 4.19. The zero-order valence-corrected chi connectivity index (χ0v) is 15.2. The number of allylic oxidation sites excluding steroid dienone is 2. The van der Waals surface area contributed by atoms with Crippen molar-refractivity contribution in [1.82, 2.24) is 14.8 Å². The molecule has 2 heterocycles. The van der Waals surface area contributed by atoms with E-state index in [-0.39, 0.29) is 17.2 Å². The predicted molar refractivity (Wildman–Crippen MR) is 97.4 cm³/mol. The third-order valence-electron chi connectivity index (χ3n) is 5.19. The molecule has 1 aromatic heterocycles. The van der Waals surface area contributed by atoms with Crippen LogP contribution in [-0.4, -0.2) is 20.5 Å². The van der Waals surface area contributed by atoms with Gasteiger partial charge in [-0.25, -0.2) is 4.68 Å². The third kappa shape index (κ3) is 2.68. The van der Waals surface area contributed by atoms with Crippen molar-refractivity contribution in [3.8, 4) is 0 Å². The number of anilines is 1. The van der Waals surface area contributed by atoms with E-state index in [4.69, 9.17) is 0 Å². The molecule has 0 saturated carbocycles. The second kappa shape index (κ2) is 5.55. The van der Waals surface area contributed by atoms with Crippen LogP contribution in [0.15, 0.2) is 41.9 Å². The van der Waals surface area contributed by atoms with Crippen LogP contribution < -0.4 is 5.32 Å². The van der Waals surface area contributed by atoms with Crippen LogP contribution in [0.4, 0.5) is 5.95 Å². The first-order chi connectivity index (χ1) is 11.9. The van der Waals surface area contributed by atoms with Crippen LogP contribution in [0.3, 0.4) is 0 Å². The summed E-state index contributed by atoms with van der Waals surface area (Å²) in [5, 5.41) is 7.73. The van der Waals surface area contributed by atoms with Crippen molar-refractivity contribution in [2.75, 3.05) is 5.32 Å². The van der Waals surface area contributed by atoms with Gasteiger partial charge in [-0.05, 0) is 28.9 Å². The molecule has 0 fully saturated rings. The van der Waals surface area contributed by atoms with Gasteiger partial charge in [0.1, 0.15) is 12.4 Å². The van der Waals surface area contributed by atoms with Gasteiger partial charge in [0.05, 0.1) is 0 Å². The fourth-order valence-electron chi connectivity index (χ4n) is 3.92. The SMILES string of the molecule is CC(C)c1ccc([C@H]2C3=C(CC(C)(C)CC3=O)Nc3ncnn32)cc1. The van der Waals surface area contributed by atoms with Crippen LogP contribution in [0.2, 0.25) is 0 Å². The smallest absolute Gasteiger partial charge is 0.226 e. The summed E-state index contributed by atoms with van der Waals surface area (Å²) in [6, 6.07) is 8.34. The Balaban J connectivity index is 1.84. The number of nitrogens with zero attached hydrogens (tertiary/aromatic N) is 3. The third-order valence-corrected chi connectivity index (χ3v) is 5.19. The maximum absolute atomic E-state index is 13.0. The predicted octanol–water partition coefficient (Wildman–Crippen LogP) is 4.06. The van der Waals surface area contributed by atoms with Crippen LogP contribution in [-0.2, 0) is 4.79 Å². The van der Waals surface area contributed by atoms with E-state index in [0.29, 0.717) is 18.3 Å². The number of benzene rings is 1. The van der Waals surface area contributed by atoms with Gasteiger partial charge in [-0.3, -0.25) is 4.79 Å². The van der Waals surface area contributed by atoms with Crippen molar-refractivity contribution >= 4 is 11.7 Å². The molecule has 0 bridgehead atoms. The molecular weight excluding hydrogens is 312 g/mol. The zero-order chi connectivity index (χ0) is 17.8. The number of Topliss-reactive ketones (excluding diaryl/α,β-unsaturated/α-hetero) is 1. The number of nitrogens with one attached hydrogen (secondary N) is 1. The number of hydrogen-bond donors (Lipinski definition) is 1. The molecule has 0 saturated heterocycles. The molecule has 0 amide bonds. The Morgan fingerprint density at radius 1 is 1.20 bits per heavy atom. The molecule has 1 aromatic carbocycles. The fraction of sp³-hybridized carbons (Fsp3) is 0.450. The monoisotopic (exact) mass is 336 g/mol. The minimum atomic E-state index is -0.196. The molecular formula is C20H24N4O. The van der Waals surface area contributed by atoms with E-state index >= 15 is 0 Å². The second-order valence-corrected chi connectivity index (χ2v) is 8.21. The molecule has 1 N–H and O–H groups in total. The largest absolute Gasteiger partial charge is 0.328 e. The number of ketones is 1. The lowest BCUT2D eigenvalue weighted by Crippen LogP contribution is -2.36. The molecule has 1 atom stereocenters. The number of carbonyl (C=O) groups is 1. The summed E-state index contributed by atoms with van der Waals surface area (Å²) in [5.74, 6) is 1.40. The average Bonchev–Trinajstić information content (AvgIpc) is 2.99. The van der Waals surface area contributed by atoms with Crippen molar-refractivity contribution in [3.63, 3.8) is 0 Å². The van der Waals surface area contributed by atoms with E-state index in [2.05, 4.69) is 67.4 Å². The Morgan fingerprint density at radius 2 is 1.92 bits per heavy atom. The summed E-state index contributed by atoms with van der Waals surface area (Å²) < 4.78 is 1.83. The van der Waals surface area contributed by atoms with Gasteiger partial charge >= 0.3 is 0 Å². The Kier molecular flexibility index (Phi) is 3.56. The lowest BCUT2D eigenvalue weighted by atomic mass is 9.73. The van der Waals surface area contributed by atoms with Crippen LogP contribution in [0.5, 0.6) is 0 Å². The van der Waals surface area contributed by atoms with E-state index in [1.807, 2.05) is 4.68 Å². The molecule has 5 nitrogen and oxygen atoms in total. The van der Waals surface area contributed by atoms with Crippen molar-refractivity contribution < 1.29 is 4.79 Å². The summed E-state index contributed by atoms with van der Waals surface area (Å²) in [7, 11) is 0. The molecule has 0 radical (unpaired) electrons. The first-order valence-electron chi connectivity index (χ1n) is 8.88. The molecule has 5 heteroatoms. The Morgan fingerprint density at radius 3 is 2.60 bits per heavy atom. The summed E-state index contributed by atoms with van der Waals surface area (Å²) in [4.78, 5) is 17.3. The van der Waals surface area contributed by atoms with Crippen molar-refractivity contribution in [2.24, 2.45) is 5.41 Å². The van der Waals surface area contributed by atoms with E-state index in [1.165, 1.54) is 5.56 Å². The molecule has 2 aromatic rings. The highest BCUT2D eigenvalue weighted by molar-refractivity contribution is 6.00. The van der Waals surface area contributed by atoms with Gasteiger partial charge in [0.2, 0.25) is 5.95 Å². The lowest BCUT2D eigenvalue weighted by Gasteiger charge is -2.38. The first kappa shape index (κ1) is 16.1. The molecule has 4 rings (SSSR count). The van der Waals surface area contributed by atoms with E-state index in [0.717, 1.165) is 23.3 Å². The molecule has 1 aliphatic carbocycles. The average molecular weight is 336 g/mol. The molecule has 1 aliphatic heterocycles. The normalized spacial score (nSPS) is 21.8. The standard InChI is InChI=1S/C20H24N4O/c1-12(2)13-5-7-14(8-6-13)18-17-15(9-20(3,4)10-16(17)25)23-19-21-11-22-24(18)19/h5-8,11-12,18H,9-10H2,1-4H3,(H,21,22,23)/t18-/m0/s1. The number of aromatic nitrogens is 3. The maximum atomic E-state index is 13.0. The van der Waals surface area contributed by atoms with Crippen molar-refractivity contribution in [2.45, 2.75) is 52.5 Å². The van der Waals surface area contributed by atoms with Gasteiger partial charge < -0.3 is 5.32 Å². The van der Waals surface area contributed by atoms with Crippen LogP contribution in [0, 0.1) is 5.41 Å². The summed E-state index contributed by atoms with van der Waals surface area (Å²) in [6.45, 7) is 8.65. The highest BCUT2D eigenvalue weighted by Gasteiger charge is 2.41. The minimum Gasteiger partial charge on any atom is -0.328 e. The minimum absolute atomic E-state index is 0.0306. The summed E-state index contributed by atoms with van der Waals surface area (Å²) >= 11 is 0. The van der Waals surface area contributed by atoms with Gasteiger partial charge in [-0.1, -0.05) is 52.0 Å². The molecule has 2 aliphatic rings. The Bertz CT molecular complexity index is 858. The number of carbonyl (C=O) groups excluding carboxylic acids is 1. The Hall–Kier alpha value is -2.43. The summed E-state index contributed by atoms with van der Waals surface area (Å²) in [6.07, 6.45) is 2.96. The van der Waals surface area contributed by atoms with Gasteiger partial charge in [-0.15, -0.1) is 0 Å². The van der Waals surface area contributed by atoms with Crippen molar-refractivity contribution in [1.29, 1.82) is 0 Å². The second-order valence-electron chi connectivity index (χ2n) is 8.21. The molecule has 25 heavy (non-hydrogen) atoms. The quantitative estimate of drug-likeness (QED) is 0.898. The van der Waals surface area contributed by atoms with Gasteiger partial charge in [0.15, 0.2) is 5.78 Å². The van der Waals surface area contributed by atoms with E-state index < -0.39 is 0 Å². The number of fused-ring (bicyclic) bond motifs is 1. The topological polar surface area (TPSA) is 59.8 Å². The van der Waals surface area contributed by atoms with Gasteiger partial charge in [0, 0.05) is 17.7 Å². The number of rotatable bonds is 2. The fourth-order valence-corrected chi connectivity index (χ4v) is 3.92. The molecule has 0 unspecified atom stereocenters. The van der Waals surface area contributed by atoms with Gasteiger partial charge in [-0.2, -0.15) is 10.1 Å². The Labute approximate surface area is 148 Å². The van der Waals surface area contributed by atoms with Gasteiger partial charge in [0.25, 0.3) is 0 Å². The van der Waals surface area contributed by atoms with Crippen molar-refractivity contribution in [3.05, 3.63) is 53.0 Å². The zero-order valence-electron chi connectivity index (χ0n) is 15.2. The van der Waals surface area contributed by atoms with Crippen LogP contribution in [0.25, 0.3) is 0 Å². The lowest BCUT2D eigenvalue weighted by molar-refractivity contribution is -0.118. The van der Waals surface area contributed by atoms with E-state index in [9.17, 15) is 4.79 Å². The molecule has 0 spiro atoms. The first-order valence-corrected chi connectivity index (χ1v) is 8.88. The van der Waals surface area contributed by atoms with E-state index in [1.54, 1.807) is 6.33 Å². The highest BCUT2D eigenvalue weighted by Crippen LogP contribution is 2.45. The maximum Gasteiger partial charge on any atom is 0.226 e. The van der Waals surface area contributed by atoms with Crippen LogP contribution >= 0.6 is 0 Å².